The topological polar surface area (TPSA) is 24.3 Å². The summed E-state index contributed by atoms with van der Waals surface area (Å²) in [5.74, 6) is 0.913. The van der Waals surface area contributed by atoms with Crippen LogP contribution in [0.1, 0.15) is 84.6 Å². The Morgan fingerprint density at radius 3 is 2.00 bits per heavy atom. The standard InChI is InChI=1S/C49H49N4S.Pt/c1-47(2,3)34-19-22-42-41(27-34)40-21-20-38(30-45(40)53(42)46-28-35(23-24-50-46)48(4,5)6)54-39-26-36(49(7,8)9)25-37(29-39)52-32-51(31-33-15-11-10-12-16-33)43-17-13-14-18-44(43)52;/h10-28,32H,31H2,1-9H3;/q-3;. The molecule has 0 saturated carbocycles. The largest absolute Gasteiger partial charge is 0.498 e. The molecular formula is C49H49N4PtS-3. The number of hydrogen-bond donors (Lipinski definition) is 0. The van der Waals surface area contributed by atoms with Crippen LogP contribution in [0.2, 0.25) is 0 Å². The summed E-state index contributed by atoms with van der Waals surface area (Å²) in [6, 6.07) is 47.4. The fourth-order valence-electron chi connectivity index (χ4n) is 7.23. The zero-order valence-electron chi connectivity index (χ0n) is 33.3. The molecule has 0 N–H and O–H groups in total. The van der Waals surface area contributed by atoms with Gasteiger partial charge in [-0.3, -0.25) is 0 Å². The van der Waals surface area contributed by atoms with Crippen molar-refractivity contribution in [1.29, 1.82) is 0 Å². The summed E-state index contributed by atoms with van der Waals surface area (Å²) >= 11 is 1.72. The molecule has 0 unspecified atom stereocenters. The molecule has 284 valence electrons. The molecule has 0 spiro atoms. The average Bonchev–Trinajstić information content (AvgIpc) is 3.66. The Kier molecular flexibility index (Phi) is 10.4. The molecule has 2 aromatic heterocycles. The van der Waals surface area contributed by atoms with E-state index in [1.54, 1.807) is 11.8 Å². The van der Waals surface area contributed by atoms with Gasteiger partial charge in [0.15, 0.2) is 0 Å². The van der Waals surface area contributed by atoms with Gasteiger partial charge in [-0.05, 0) is 68.7 Å². The molecule has 0 fully saturated rings. The SMILES string of the molecule is CC(C)(C)c1cc(Sc2[c-]c3c(cc2)c2cc(C(C)(C)C)ccc2n3-c2cc(C(C)(C)C)ccn2)[c-]c(N2[CH-]N(Cc3ccccc3)c3ccccc32)c1.[Pt]. The molecule has 1 aliphatic heterocycles. The molecule has 5 aromatic carbocycles. The van der Waals surface area contributed by atoms with Gasteiger partial charge in [-0.1, -0.05) is 122 Å². The van der Waals surface area contributed by atoms with Gasteiger partial charge in [0.25, 0.3) is 0 Å². The van der Waals surface area contributed by atoms with Crippen LogP contribution in [0, 0.1) is 18.8 Å². The summed E-state index contributed by atoms with van der Waals surface area (Å²) in [5.41, 5.74) is 10.6. The van der Waals surface area contributed by atoms with Gasteiger partial charge in [0.1, 0.15) is 5.82 Å². The fourth-order valence-corrected chi connectivity index (χ4v) is 8.10. The predicted molar refractivity (Wildman–Crippen MR) is 228 cm³/mol. The Labute approximate surface area is 346 Å². The number of para-hydroxylation sites is 2. The van der Waals surface area contributed by atoms with Crippen molar-refractivity contribution in [3.05, 3.63) is 156 Å². The summed E-state index contributed by atoms with van der Waals surface area (Å²) in [6.07, 6.45) is 1.94. The fraction of sp³-hybridized carbons (Fsp3) is 0.265. The quantitative estimate of drug-likeness (QED) is 0.155. The van der Waals surface area contributed by atoms with Crippen LogP contribution in [0.5, 0.6) is 0 Å². The van der Waals surface area contributed by atoms with E-state index in [4.69, 9.17) is 4.98 Å². The minimum atomic E-state index is -0.0588. The number of anilines is 3. The Balaban J connectivity index is 0.00000465. The van der Waals surface area contributed by atoms with E-state index in [2.05, 4.69) is 205 Å². The monoisotopic (exact) mass is 920 g/mol. The Morgan fingerprint density at radius 2 is 1.29 bits per heavy atom. The average molecular weight is 921 g/mol. The first-order valence-electron chi connectivity index (χ1n) is 18.9. The number of aromatic nitrogens is 2. The summed E-state index contributed by atoms with van der Waals surface area (Å²) in [4.78, 5) is 11.7. The summed E-state index contributed by atoms with van der Waals surface area (Å²) in [7, 11) is 0. The number of rotatable bonds is 6. The molecule has 1 aliphatic rings. The third kappa shape index (κ3) is 7.76. The molecule has 6 heteroatoms. The van der Waals surface area contributed by atoms with Crippen LogP contribution in [0.3, 0.4) is 0 Å². The summed E-state index contributed by atoms with van der Waals surface area (Å²) < 4.78 is 2.30. The van der Waals surface area contributed by atoms with Crippen molar-refractivity contribution in [1.82, 2.24) is 9.55 Å². The second-order valence-electron chi connectivity index (χ2n) is 17.6. The van der Waals surface area contributed by atoms with Crippen LogP contribution in [-0.2, 0) is 43.9 Å². The number of benzene rings is 5. The molecule has 0 bridgehead atoms. The van der Waals surface area contributed by atoms with Gasteiger partial charge in [0.05, 0.1) is 0 Å². The molecule has 55 heavy (non-hydrogen) atoms. The van der Waals surface area contributed by atoms with E-state index in [0.29, 0.717) is 0 Å². The molecule has 0 aliphatic carbocycles. The normalized spacial score (nSPS) is 13.4. The van der Waals surface area contributed by atoms with Crippen LogP contribution in [0.15, 0.2) is 125 Å². The van der Waals surface area contributed by atoms with Gasteiger partial charge in [-0.25, -0.2) is 4.98 Å². The molecule has 4 nitrogen and oxygen atoms in total. The molecule has 8 rings (SSSR count). The first-order chi connectivity index (χ1) is 25.6. The van der Waals surface area contributed by atoms with E-state index in [1.165, 1.54) is 38.7 Å². The summed E-state index contributed by atoms with van der Waals surface area (Å²) in [6.45, 7) is 23.5. The first-order valence-corrected chi connectivity index (χ1v) is 19.7. The second-order valence-corrected chi connectivity index (χ2v) is 18.7. The predicted octanol–water partition coefficient (Wildman–Crippen LogP) is 13.1. The van der Waals surface area contributed by atoms with Crippen LogP contribution in [0.4, 0.5) is 17.1 Å². The number of hydrogen-bond acceptors (Lipinski definition) is 4. The van der Waals surface area contributed by atoms with Gasteiger partial charge in [-0.2, -0.15) is 24.9 Å². The Bertz CT molecular complexity index is 2500. The van der Waals surface area contributed by atoms with Crippen molar-refractivity contribution in [2.75, 3.05) is 9.80 Å². The van der Waals surface area contributed by atoms with Crippen molar-refractivity contribution >= 4 is 50.6 Å². The molecule has 7 aromatic rings. The maximum Gasteiger partial charge on any atom is 0.135 e. The third-order valence-corrected chi connectivity index (χ3v) is 11.3. The zero-order chi connectivity index (χ0) is 38.0. The van der Waals surface area contributed by atoms with Gasteiger partial charge in [0, 0.05) is 50.7 Å². The van der Waals surface area contributed by atoms with E-state index in [0.717, 1.165) is 44.6 Å². The second kappa shape index (κ2) is 14.6. The Hall–Kier alpha value is -4.31. The maximum atomic E-state index is 4.94. The molecule has 0 amide bonds. The van der Waals surface area contributed by atoms with Crippen molar-refractivity contribution in [3.63, 3.8) is 0 Å². The van der Waals surface area contributed by atoms with Crippen LogP contribution < -0.4 is 9.80 Å². The van der Waals surface area contributed by atoms with Crippen molar-refractivity contribution in [2.45, 2.75) is 94.9 Å². The van der Waals surface area contributed by atoms with E-state index < -0.39 is 0 Å². The van der Waals surface area contributed by atoms with E-state index in [9.17, 15) is 0 Å². The van der Waals surface area contributed by atoms with E-state index in [-0.39, 0.29) is 37.3 Å². The molecule has 0 atom stereocenters. The van der Waals surface area contributed by atoms with Gasteiger partial charge in [0.2, 0.25) is 0 Å². The molecule has 0 saturated heterocycles. The van der Waals surface area contributed by atoms with Crippen LogP contribution >= 0.6 is 11.8 Å². The van der Waals surface area contributed by atoms with E-state index >= 15 is 0 Å². The van der Waals surface area contributed by atoms with Crippen LogP contribution in [-0.4, -0.2) is 9.55 Å². The minimum Gasteiger partial charge on any atom is -0.498 e. The molecular weight excluding hydrogens is 872 g/mol. The third-order valence-electron chi connectivity index (χ3n) is 10.4. The van der Waals surface area contributed by atoms with Crippen molar-refractivity contribution in [2.24, 2.45) is 0 Å². The zero-order valence-corrected chi connectivity index (χ0v) is 36.4. The summed E-state index contributed by atoms with van der Waals surface area (Å²) in [5, 5.41) is 2.40. The van der Waals surface area contributed by atoms with Gasteiger partial charge < -0.3 is 14.4 Å². The Morgan fingerprint density at radius 1 is 0.618 bits per heavy atom. The molecule has 3 heterocycles. The maximum absolute atomic E-state index is 4.94. The number of nitrogens with zero attached hydrogens (tertiary/aromatic N) is 4. The van der Waals surface area contributed by atoms with Gasteiger partial charge >= 0.3 is 0 Å². The first kappa shape index (κ1) is 38.9. The number of pyridine rings is 1. The van der Waals surface area contributed by atoms with Crippen molar-refractivity contribution < 1.29 is 21.1 Å². The smallest absolute Gasteiger partial charge is 0.135 e. The minimum absolute atomic E-state index is 0. The van der Waals surface area contributed by atoms with Gasteiger partial charge in [-0.15, -0.1) is 56.4 Å². The van der Waals surface area contributed by atoms with Crippen molar-refractivity contribution in [3.8, 4) is 5.82 Å². The molecule has 0 radical (unpaired) electrons. The number of fused-ring (bicyclic) bond motifs is 4. The van der Waals surface area contributed by atoms with E-state index in [1.807, 2.05) is 6.20 Å². The van der Waals surface area contributed by atoms with Crippen LogP contribution in [0.25, 0.3) is 27.6 Å².